The molecule has 2 N–H and O–H groups in total. The van der Waals surface area contributed by atoms with Gasteiger partial charge in [-0.1, -0.05) is 41.9 Å². The van der Waals surface area contributed by atoms with Crippen LogP contribution < -0.4 is 5.32 Å². The van der Waals surface area contributed by atoms with Crippen LogP contribution in [0.25, 0.3) is 0 Å². The molecule has 1 saturated carbocycles. The SMILES string of the molecule is ICC1CC2(CCCCC2)C[NH2+]1. The molecule has 2 aliphatic rings. The molecule has 2 fully saturated rings. The Morgan fingerprint density at radius 3 is 2.58 bits per heavy atom. The first-order chi connectivity index (χ1) is 5.85. The Labute approximate surface area is 88.8 Å². The minimum absolute atomic E-state index is 0.786. The Hall–Kier alpha value is 0.690. The number of halogens is 1. The van der Waals surface area contributed by atoms with Crippen molar-refractivity contribution in [2.24, 2.45) is 5.41 Å². The molecule has 1 unspecified atom stereocenters. The molecule has 1 nitrogen and oxygen atoms in total. The standard InChI is InChI=1S/C10H18IN/c11-7-9-6-10(8-12-9)4-2-1-3-5-10/h9,12H,1-8H2/p+1. The highest BCUT2D eigenvalue weighted by atomic mass is 127. The Morgan fingerprint density at radius 2 is 2.00 bits per heavy atom. The van der Waals surface area contributed by atoms with Crippen LogP contribution in [0.2, 0.25) is 0 Å². The third-order valence-corrected chi connectivity index (χ3v) is 4.82. The maximum absolute atomic E-state index is 2.60. The second-order valence-electron chi connectivity index (χ2n) is 4.62. The third-order valence-electron chi connectivity index (χ3n) is 3.69. The molecule has 1 heterocycles. The van der Waals surface area contributed by atoms with Gasteiger partial charge in [-0.05, 0) is 12.8 Å². The highest BCUT2D eigenvalue weighted by Gasteiger charge is 2.42. The fourth-order valence-corrected chi connectivity index (χ4v) is 3.64. The fourth-order valence-electron chi connectivity index (χ4n) is 2.97. The normalized spacial score (nSPS) is 34.2. The van der Waals surface area contributed by atoms with E-state index in [1.165, 1.54) is 49.5 Å². The Morgan fingerprint density at radius 1 is 1.25 bits per heavy atom. The highest BCUT2D eigenvalue weighted by molar-refractivity contribution is 14.1. The van der Waals surface area contributed by atoms with E-state index in [1.807, 2.05) is 0 Å². The molecule has 1 atom stereocenters. The predicted octanol–water partition coefficient (Wildman–Crippen LogP) is 1.71. The van der Waals surface area contributed by atoms with Crippen molar-refractivity contribution in [2.75, 3.05) is 11.0 Å². The van der Waals surface area contributed by atoms with E-state index in [0.29, 0.717) is 0 Å². The van der Waals surface area contributed by atoms with E-state index in [-0.39, 0.29) is 0 Å². The van der Waals surface area contributed by atoms with Crippen LogP contribution >= 0.6 is 22.6 Å². The van der Waals surface area contributed by atoms with Gasteiger partial charge in [0, 0.05) is 11.8 Å². The first kappa shape index (κ1) is 9.25. The lowest BCUT2D eigenvalue weighted by atomic mass is 9.73. The van der Waals surface area contributed by atoms with Crippen LogP contribution in [0.5, 0.6) is 0 Å². The van der Waals surface area contributed by atoms with Gasteiger partial charge in [-0.25, -0.2) is 0 Å². The zero-order valence-electron chi connectivity index (χ0n) is 7.69. The average Bonchev–Trinajstić information content (AvgIpc) is 2.50. The molecule has 12 heavy (non-hydrogen) atoms. The third kappa shape index (κ3) is 1.79. The van der Waals surface area contributed by atoms with Gasteiger partial charge in [-0.2, -0.15) is 0 Å². The maximum atomic E-state index is 2.60. The predicted molar refractivity (Wildman–Crippen MR) is 59.6 cm³/mol. The topological polar surface area (TPSA) is 16.6 Å². The molecule has 70 valence electrons. The second-order valence-corrected chi connectivity index (χ2v) is 5.50. The van der Waals surface area contributed by atoms with Gasteiger partial charge in [-0.15, -0.1) is 0 Å². The molecular weight excluding hydrogens is 261 g/mol. The zero-order valence-corrected chi connectivity index (χ0v) is 9.85. The van der Waals surface area contributed by atoms with E-state index in [4.69, 9.17) is 0 Å². The van der Waals surface area contributed by atoms with Crippen LogP contribution in [0.15, 0.2) is 0 Å². The van der Waals surface area contributed by atoms with E-state index >= 15 is 0 Å². The van der Waals surface area contributed by atoms with Crippen LogP contribution in [0, 0.1) is 5.41 Å². The van der Waals surface area contributed by atoms with Crippen LogP contribution in [-0.4, -0.2) is 17.0 Å². The summed E-state index contributed by atoms with van der Waals surface area (Å²) in [7, 11) is 0. The summed E-state index contributed by atoms with van der Waals surface area (Å²) < 4.78 is 1.35. The molecule has 2 rings (SSSR count). The minimum atomic E-state index is 0.786. The summed E-state index contributed by atoms with van der Waals surface area (Å²) >= 11 is 2.54. The summed E-state index contributed by atoms with van der Waals surface area (Å²) in [5.41, 5.74) is 0.786. The van der Waals surface area contributed by atoms with Gasteiger partial charge in [0.25, 0.3) is 0 Å². The molecule has 0 aromatic rings. The summed E-state index contributed by atoms with van der Waals surface area (Å²) in [5, 5.41) is 2.60. The molecule has 1 spiro atoms. The first-order valence-electron chi connectivity index (χ1n) is 5.24. The Balaban J connectivity index is 1.94. The molecular formula is C10H19IN+. The molecule has 0 bridgehead atoms. The lowest BCUT2D eigenvalue weighted by Crippen LogP contribution is -2.87. The Bertz CT molecular complexity index is 152. The van der Waals surface area contributed by atoms with Crippen molar-refractivity contribution in [2.45, 2.75) is 44.6 Å². The number of hydrogen-bond acceptors (Lipinski definition) is 0. The number of nitrogens with two attached hydrogens (primary N) is 1. The highest BCUT2D eigenvalue weighted by Crippen LogP contribution is 2.40. The molecule has 0 aromatic carbocycles. The summed E-state index contributed by atoms with van der Waals surface area (Å²) in [5.74, 6) is 0. The van der Waals surface area contributed by atoms with Gasteiger partial charge >= 0.3 is 0 Å². The molecule has 1 aliphatic carbocycles. The largest absolute Gasteiger partial charge is 0.343 e. The number of hydrogen-bond donors (Lipinski definition) is 1. The van der Waals surface area contributed by atoms with E-state index < -0.39 is 0 Å². The van der Waals surface area contributed by atoms with E-state index in [2.05, 4.69) is 27.9 Å². The van der Waals surface area contributed by atoms with Crippen molar-refractivity contribution in [1.29, 1.82) is 0 Å². The Kier molecular flexibility index (Phi) is 2.95. The van der Waals surface area contributed by atoms with Crippen molar-refractivity contribution in [1.82, 2.24) is 0 Å². The zero-order chi connectivity index (χ0) is 8.44. The molecule has 0 aromatic heterocycles. The minimum Gasteiger partial charge on any atom is -0.343 e. The number of quaternary nitrogens is 1. The van der Waals surface area contributed by atoms with Gasteiger partial charge in [0.2, 0.25) is 0 Å². The summed E-state index contributed by atoms with van der Waals surface area (Å²) in [6, 6.07) is 0.948. The van der Waals surface area contributed by atoms with Crippen molar-refractivity contribution in [3.63, 3.8) is 0 Å². The van der Waals surface area contributed by atoms with Crippen molar-refractivity contribution < 1.29 is 5.32 Å². The van der Waals surface area contributed by atoms with Gasteiger partial charge in [0.1, 0.15) is 0 Å². The smallest absolute Gasteiger partial charge is 0.0957 e. The maximum Gasteiger partial charge on any atom is 0.0957 e. The van der Waals surface area contributed by atoms with E-state index in [0.717, 1.165) is 11.5 Å². The number of alkyl halides is 1. The lowest BCUT2D eigenvalue weighted by molar-refractivity contribution is -0.669. The fraction of sp³-hybridized carbons (Fsp3) is 1.00. The second kappa shape index (κ2) is 3.82. The number of rotatable bonds is 1. The molecule has 1 saturated heterocycles. The quantitative estimate of drug-likeness (QED) is 0.556. The van der Waals surface area contributed by atoms with Gasteiger partial charge < -0.3 is 5.32 Å². The summed E-state index contributed by atoms with van der Waals surface area (Å²) in [4.78, 5) is 0. The van der Waals surface area contributed by atoms with Crippen molar-refractivity contribution in [3.8, 4) is 0 Å². The van der Waals surface area contributed by atoms with E-state index in [9.17, 15) is 0 Å². The molecule has 1 aliphatic heterocycles. The molecule has 2 heteroatoms. The van der Waals surface area contributed by atoms with Crippen molar-refractivity contribution in [3.05, 3.63) is 0 Å². The lowest BCUT2D eigenvalue weighted by Gasteiger charge is -2.30. The van der Waals surface area contributed by atoms with Gasteiger partial charge in [0.15, 0.2) is 0 Å². The molecule has 0 amide bonds. The van der Waals surface area contributed by atoms with Gasteiger partial charge in [0.05, 0.1) is 17.0 Å². The van der Waals surface area contributed by atoms with E-state index in [1.54, 1.807) is 0 Å². The summed E-state index contributed by atoms with van der Waals surface area (Å²) in [6.45, 7) is 1.43. The van der Waals surface area contributed by atoms with Gasteiger partial charge in [-0.3, -0.25) is 0 Å². The molecule has 0 radical (unpaired) electrons. The van der Waals surface area contributed by atoms with Crippen LogP contribution in [0.3, 0.4) is 0 Å². The van der Waals surface area contributed by atoms with Crippen LogP contribution in [0.4, 0.5) is 0 Å². The van der Waals surface area contributed by atoms with Crippen LogP contribution in [-0.2, 0) is 0 Å². The monoisotopic (exact) mass is 280 g/mol. The first-order valence-corrected chi connectivity index (χ1v) is 6.77. The summed E-state index contributed by atoms with van der Waals surface area (Å²) in [6.07, 6.45) is 9.06. The van der Waals surface area contributed by atoms with Crippen molar-refractivity contribution >= 4 is 22.6 Å². The average molecular weight is 280 g/mol. The van der Waals surface area contributed by atoms with Crippen LogP contribution in [0.1, 0.15) is 38.5 Å².